The van der Waals surface area contributed by atoms with Crippen molar-refractivity contribution < 1.29 is 0 Å². The van der Waals surface area contributed by atoms with Crippen molar-refractivity contribution in [1.29, 1.82) is 0 Å². The van der Waals surface area contributed by atoms with Gasteiger partial charge >= 0.3 is 0 Å². The summed E-state index contributed by atoms with van der Waals surface area (Å²) < 4.78 is 11.3. The van der Waals surface area contributed by atoms with Crippen LogP contribution in [0.5, 0.6) is 0 Å². The van der Waals surface area contributed by atoms with Crippen molar-refractivity contribution in [3.8, 4) is 0 Å². The maximum Gasteiger partial charge on any atom is 0.0657 e. The second-order valence-electron chi connectivity index (χ2n) is 5.33. The Kier molecular flexibility index (Phi) is 8.36. The molecule has 0 radical (unpaired) electrons. The summed E-state index contributed by atoms with van der Waals surface area (Å²) in [7, 11) is 0. The molecule has 2 aliphatic rings. The topological polar surface area (TPSA) is 0 Å². The van der Waals surface area contributed by atoms with Gasteiger partial charge in [-0.05, 0) is 49.3 Å². The second kappa shape index (κ2) is 10.4. The molecule has 0 spiro atoms. The molecule has 2 aromatic rings. The lowest BCUT2D eigenvalue weighted by molar-refractivity contribution is 2.08. The molecular formula is C18H16S10. The lowest BCUT2D eigenvalue weighted by Crippen LogP contribution is -1.63. The zero-order chi connectivity index (χ0) is 19.7. The molecule has 2 aliphatic heterocycles. The van der Waals surface area contributed by atoms with Crippen LogP contribution in [0.4, 0.5) is 0 Å². The predicted octanol–water partition coefficient (Wildman–Crippen LogP) is 10.2. The first-order valence-electron chi connectivity index (χ1n) is 7.96. The fourth-order valence-electron chi connectivity index (χ4n) is 2.44. The molecule has 0 bridgehead atoms. The first-order chi connectivity index (χ1) is 13.6. The molecule has 4 rings (SSSR count). The van der Waals surface area contributed by atoms with E-state index in [9.17, 15) is 0 Å². The zero-order valence-electron chi connectivity index (χ0n) is 15.4. The van der Waals surface area contributed by atoms with Crippen LogP contribution in [-0.2, 0) is 0 Å². The number of thiophene rings is 2. The van der Waals surface area contributed by atoms with Gasteiger partial charge in [-0.15, -0.1) is 69.7 Å². The van der Waals surface area contributed by atoms with Gasteiger partial charge in [-0.25, -0.2) is 0 Å². The van der Waals surface area contributed by atoms with Crippen LogP contribution in [0.1, 0.15) is 9.75 Å². The van der Waals surface area contributed by atoms with Crippen molar-refractivity contribution in [2.75, 3.05) is 25.0 Å². The highest BCUT2D eigenvalue weighted by Gasteiger charge is 2.21. The van der Waals surface area contributed by atoms with Crippen LogP contribution in [-0.4, -0.2) is 25.0 Å². The minimum atomic E-state index is 1.36. The van der Waals surface area contributed by atoms with Gasteiger partial charge in [0.25, 0.3) is 0 Å². The van der Waals surface area contributed by atoms with Gasteiger partial charge in [-0.1, -0.05) is 47.0 Å². The number of thioether (sulfide) groups is 8. The zero-order valence-corrected chi connectivity index (χ0v) is 23.6. The van der Waals surface area contributed by atoms with Crippen molar-refractivity contribution in [2.45, 2.75) is 0 Å². The highest BCUT2D eigenvalue weighted by Crippen LogP contribution is 2.58. The van der Waals surface area contributed by atoms with E-state index in [4.69, 9.17) is 0 Å². The molecule has 0 unspecified atom stereocenters. The molecule has 0 amide bonds. The molecule has 0 fully saturated rings. The lowest BCUT2D eigenvalue weighted by atomic mass is 10.4. The molecule has 0 aliphatic carbocycles. The smallest absolute Gasteiger partial charge is 0.0657 e. The minimum Gasteiger partial charge on any atom is -0.135 e. The molecule has 148 valence electrons. The van der Waals surface area contributed by atoms with Crippen LogP contribution in [0.2, 0.25) is 0 Å². The molecule has 10 heteroatoms. The molecule has 4 heterocycles. The van der Waals surface area contributed by atoms with Crippen LogP contribution in [0.15, 0.2) is 37.6 Å². The van der Waals surface area contributed by atoms with E-state index in [0.717, 1.165) is 0 Å². The van der Waals surface area contributed by atoms with Crippen molar-refractivity contribution in [3.63, 3.8) is 0 Å². The molecule has 2 aromatic heterocycles. The molecule has 0 aromatic carbocycles. The number of hydrogen-bond acceptors (Lipinski definition) is 10. The first kappa shape index (κ1) is 22.6. The minimum absolute atomic E-state index is 1.36. The average Bonchev–Trinajstić information content (AvgIpc) is 3.43. The van der Waals surface area contributed by atoms with E-state index >= 15 is 0 Å². The Balaban J connectivity index is 1.49. The first-order valence-corrected chi connectivity index (χ1v) is 17.8. The fourth-order valence-corrected chi connectivity index (χ4v) is 14.9. The van der Waals surface area contributed by atoms with Gasteiger partial charge in [0.1, 0.15) is 0 Å². The normalized spacial score (nSPS) is 17.6. The van der Waals surface area contributed by atoms with Crippen LogP contribution in [0, 0.1) is 0 Å². The highest BCUT2D eigenvalue weighted by atomic mass is 32.3. The lowest BCUT2D eigenvalue weighted by Gasteiger charge is -1.95. The van der Waals surface area contributed by atoms with Gasteiger partial charge < -0.3 is 0 Å². The molecule has 0 N–H and O–H groups in total. The third-order valence-electron chi connectivity index (χ3n) is 3.61. The SMILES string of the molecule is CSC1=C(SC)SC(=Cc2cc3sc(C=C4SC(SC)=C(SC)S4)cc3s2)S1. The van der Waals surface area contributed by atoms with Gasteiger partial charge in [-0.2, -0.15) is 0 Å². The Labute approximate surface area is 208 Å². The summed E-state index contributed by atoms with van der Waals surface area (Å²) in [5.74, 6) is 0. The van der Waals surface area contributed by atoms with Crippen molar-refractivity contribution in [3.05, 3.63) is 47.3 Å². The van der Waals surface area contributed by atoms with E-state index in [1.807, 2.05) is 117 Å². The van der Waals surface area contributed by atoms with Crippen LogP contribution in [0.25, 0.3) is 21.6 Å². The Hall–Kier alpha value is 1.42. The van der Waals surface area contributed by atoms with E-state index in [0.29, 0.717) is 0 Å². The van der Waals surface area contributed by atoms with Gasteiger partial charge in [0.2, 0.25) is 0 Å². The van der Waals surface area contributed by atoms with Crippen molar-refractivity contribution in [1.82, 2.24) is 0 Å². The van der Waals surface area contributed by atoms with Crippen LogP contribution in [0.3, 0.4) is 0 Å². The Morgan fingerprint density at radius 1 is 0.571 bits per heavy atom. The van der Waals surface area contributed by atoms with Gasteiger partial charge in [0.05, 0.1) is 25.4 Å². The summed E-state index contributed by atoms with van der Waals surface area (Å²) in [6.45, 7) is 0. The van der Waals surface area contributed by atoms with Gasteiger partial charge in [-0.3, -0.25) is 0 Å². The standard InChI is InChI=1S/C18H16S10/c1-19-15-16(20-2)26-13(25-15)7-9-5-11-12(23-9)6-10(24-11)8-14-27-17(21-3)18(22-4)28-14/h5-8H,1-4H3. The Bertz CT molecular complexity index is 871. The molecule has 0 saturated heterocycles. The van der Waals surface area contributed by atoms with E-state index in [2.05, 4.69) is 49.3 Å². The highest BCUT2D eigenvalue weighted by molar-refractivity contribution is 8.41. The van der Waals surface area contributed by atoms with E-state index in [-0.39, 0.29) is 0 Å². The Morgan fingerprint density at radius 2 is 0.893 bits per heavy atom. The summed E-state index contributed by atoms with van der Waals surface area (Å²) in [5.41, 5.74) is 0. The fraction of sp³-hybridized carbons (Fsp3) is 0.222. The van der Waals surface area contributed by atoms with Crippen molar-refractivity contribution in [2.24, 2.45) is 0 Å². The monoisotopic (exact) mass is 552 g/mol. The van der Waals surface area contributed by atoms with Crippen LogP contribution < -0.4 is 0 Å². The number of rotatable bonds is 6. The quantitative estimate of drug-likeness (QED) is 0.342. The predicted molar refractivity (Wildman–Crippen MR) is 154 cm³/mol. The maximum atomic E-state index is 2.35. The third-order valence-corrected chi connectivity index (χ3v) is 16.0. The summed E-state index contributed by atoms with van der Waals surface area (Å²) in [6, 6.07) is 4.70. The van der Waals surface area contributed by atoms with E-state index in [1.165, 1.54) is 44.6 Å². The average molecular weight is 553 g/mol. The molecule has 0 saturated carbocycles. The van der Waals surface area contributed by atoms with E-state index in [1.54, 1.807) is 0 Å². The maximum absolute atomic E-state index is 2.35. The second-order valence-corrected chi connectivity index (χ2v) is 16.6. The number of fused-ring (bicyclic) bond motifs is 1. The third kappa shape index (κ3) is 5.07. The van der Waals surface area contributed by atoms with Gasteiger partial charge in [0, 0.05) is 19.2 Å². The van der Waals surface area contributed by atoms with Crippen molar-refractivity contribution >= 4 is 138 Å². The van der Waals surface area contributed by atoms with Crippen LogP contribution >= 0.6 is 117 Å². The summed E-state index contributed by atoms with van der Waals surface area (Å²) in [6.07, 6.45) is 13.4. The number of hydrogen-bond donors (Lipinski definition) is 0. The van der Waals surface area contributed by atoms with Gasteiger partial charge in [0.15, 0.2) is 0 Å². The summed E-state index contributed by atoms with van der Waals surface area (Å²) in [4.78, 5) is 2.72. The molecule has 0 atom stereocenters. The molecular weight excluding hydrogens is 537 g/mol. The van der Waals surface area contributed by atoms with E-state index < -0.39 is 0 Å². The largest absolute Gasteiger partial charge is 0.135 e. The molecule has 28 heavy (non-hydrogen) atoms. The molecule has 0 nitrogen and oxygen atoms in total. The summed E-state index contributed by atoms with van der Waals surface area (Å²) in [5, 5.41) is 0. The summed E-state index contributed by atoms with van der Waals surface area (Å²) >= 11 is 18.9. The Morgan fingerprint density at radius 3 is 1.18 bits per heavy atom.